The molecule has 1 amide bonds. The highest BCUT2D eigenvalue weighted by molar-refractivity contribution is 5.96. The number of nitrogens with zero attached hydrogens (tertiary/aromatic N) is 2. The molecule has 3 rings (SSSR count). The molecule has 0 radical (unpaired) electrons. The van der Waals surface area contributed by atoms with Crippen molar-refractivity contribution >= 4 is 11.9 Å². The van der Waals surface area contributed by atoms with Crippen LogP contribution in [0, 0.1) is 0 Å². The second-order valence-corrected chi connectivity index (χ2v) is 5.84. The minimum Gasteiger partial charge on any atom is -0.478 e. The van der Waals surface area contributed by atoms with Crippen molar-refractivity contribution in [3.63, 3.8) is 0 Å². The Labute approximate surface area is 139 Å². The van der Waals surface area contributed by atoms with Gasteiger partial charge in [-0.05, 0) is 37.1 Å². The molecule has 0 aliphatic carbocycles. The van der Waals surface area contributed by atoms with Crippen molar-refractivity contribution < 1.29 is 19.4 Å². The molecule has 0 saturated carbocycles. The summed E-state index contributed by atoms with van der Waals surface area (Å²) in [7, 11) is 1.84. The summed E-state index contributed by atoms with van der Waals surface area (Å²) in [6, 6.07) is 5.73. The summed E-state index contributed by atoms with van der Waals surface area (Å²) in [6.45, 7) is 0.652. The maximum absolute atomic E-state index is 12.4. The molecule has 2 N–H and O–H groups in total. The van der Waals surface area contributed by atoms with Gasteiger partial charge < -0.3 is 15.2 Å². The van der Waals surface area contributed by atoms with Gasteiger partial charge in [0.1, 0.15) is 6.10 Å². The monoisotopic (exact) mass is 329 g/mol. The number of aryl methyl sites for hydroxylation is 1. The van der Waals surface area contributed by atoms with Crippen molar-refractivity contribution in [1.29, 1.82) is 0 Å². The molecule has 0 spiro atoms. The van der Waals surface area contributed by atoms with Crippen LogP contribution in [0.2, 0.25) is 0 Å². The standard InChI is InChI=1S/C17H19N3O4/c1-20-10-13(9-18-20)15-14(3-2-8-24-15)19-16(21)11-4-6-12(7-5-11)17(22)23/h4-7,9-10,14-15H,2-3,8H2,1H3,(H,19,21)(H,22,23)/t14-,15+/m0/s1. The Bertz CT molecular complexity index is 739. The topological polar surface area (TPSA) is 93.5 Å². The number of aromatic nitrogens is 2. The van der Waals surface area contributed by atoms with Crippen molar-refractivity contribution in [1.82, 2.24) is 15.1 Å². The van der Waals surface area contributed by atoms with Crippen LogP contribution in [0.3, 0.4) is 0 Å². The number of ether oxygens (including phenoxy) is 1. The van der Waals surface area contributed by atoms with Gasteiger partial charge in [0, 0.05) is 31.0 Å². The van der Waals surface area contributed by atoms with Crippen LogP contribution in [0.25, 0.3) is 0 Å². The normalized spacial score (nSPS) is 20.5. The molecule has 1 aliphatic heterocycles. The van der Waals surface area contributed by atoms with Gasteiger partial charge in [0.05, 0.1) is 17.8 Å². The van der Waals surface area contributed by atoms with Crippen LogP contribution in [-0.4, -0.2) is 39.4 Å². The van der Waals surface area contributed by atoms with E-state index in [4.69, 9.17) is 9.84 Å². The molecule has 1 aromatic carbocycles. The zero-order valence-corrected chi connectivity index (χ0v) is 13.3. The molecular formula is C17H19N3O4. The number of benzene rings is 1. The summed E-state index contributed by atoms with van der Waals surface area (Å²) in [5.41, 5.74) is 1.51. The first-order chi connectivity index (χ1) is 11.5. The summed E-state index contributed by atoms with van der Waals surface area (Å²) in [6.07, 6.45) is 5.10. The minimum absolute atomic E-state index is 0.144. The van der Waals surface area contributed by atoms with Gasteiger partial charge >= 0.3 is 5.97 Å². The predicted octanol–water partition coefficient (Wildman–Crippen LogP) is 1.77. The SMILES string of the molecule is Cn1cc([C@H]2OCCC[C@@H]2NC(=O)c2ccc(C(=O)O)cc2)cn1. The molecule has 7 nitrogen and oxygen atoms in total. The Morgan fingerprint density at radius 2 is 2.00 bits per heavy atom. The fourth-order valence-corrected chi connectivity index (χ4v) is 2.86. The summed E-state index contributed by atoms with van der Waals surface area (Å²) in [5, 5.41) is 16.1. The lowest BCUT2D eigenvalue weighted by Gasteiger charge is -2.31. The van der Waals surface area contributed by atoms with Crippen LogP contribution in [0.15, 0.2) is 36.7 Å². The van der Waals surface area contributed by atoms with Gasteiger partial charge in [0.15, 0.2) is 0 Å². The quantitative estimate of drug-likeness (QED) is 0.891. The number of hydrogen-bond acceptors (Lipinski definition) is 4. The molecule has 24 heavy (non-hydrogen) atoms. The lowest BCUT2D eigenvalue weighted by Crippen LogP contribution is -2.42. The molecule has 7 heteroatoms. The van der Waals surface area contributed by atoms with Gasteiger partial charge in [-0.2, -0.15) is 5.10 Å². The van der Waals surface area contributed by atoms with Crippen molar-refractivity contribution in [2.75, 3.05) is 6.61 Å². The highest BCUT2D eigenvalue weighted by atomic mass is 16.5. The fraction of sp³-hybridized carbons (Fsp3) is 0.353. The van der Waals surface area contributed by atoms with Gasteiger partial charge in [-0.25, -0.2) is 4.79 Å². The van der Waals surface area contributed by atoms with Gasteiger partial charge in [-0.1, -0.05) is 0 Å². The molecule has 1 saturated heterocycles. The molecule has 0 bridgehead atoms. The molecule has 126 valence electrons. The number of hydrogen-bond donors (Lipinski definition) is 2. The molecule has 1 aliphatic rings. The Hall–Kier alpha value is -2.67. The maximum Gasteiger partial charge on any atom is 0.335 e. The van der Waals surface area contributed by atoms with Gasteiger partial charge in [0.2, 0.25) is 0 Å². The third-order valence-electron chi connectivity index (χ3n) is 4.09. The van der Waals surface area contributed by atoms with Crippen LogP contribution < -0.4 is 5.32 Å². The first-order valence-electron chi connectivity index (χ1n) is 7.79. The molecule has 1 aromatic heterocycles. The number of carbonyl (C=O) groups excluding carboxylic acids is 1. The zero-order valence-electron chi connectivity index (χ0n) is 13.3. The molecule has 2 atom stereocenters. The van der Waals surface area contributed by atoms with Crippen LogP contribution in [0.4, 0.5) is 0 Å². The maximum atomic E-state index is 12.4. The van der Waals surface area contributed by atoms with E-state index in [1.54, 1.807) is 10.9 Å². The van der Waals surface area contributed by atoms with Crippen LogP contribution in [-0.2, 0) is 11.8 Å². The Morgan fingerprint density at radius 1 is 1.29 bits per heavy atom. The third-order valence-corrected chi connectivity index (χ3v) is 4.09. The second-order valence-electron chi connectivity index (χ2n) is 5.84. The first kappa shape index (κ1) is 16.2. The molecular weight excluding hydrogens is 310 g/mol. The van der Waals surface area contributed by atoms with Crippen LogP contribution >= 0.6 is 0 Å². The van der Waals surface area contributed by atoms with Gasteiger partial charge in [0.25, 0.3) is 5.91 Å². The van der Waals surface area contributed by atoms with Crippen LogP contribution in [0.1, 0.15) is 45.2 Å². The highest BCUT2D eigenvalue weighted by Gasteiger charge is 2.30. The Morgan fingerprint density at radius 3 is 2.62 bits per heavy atom. The van der Waals surface area contributed by atoms with E-state index in [1.165, 1.54) is 24.3 Å². The van der Waals surface area contributed by atoms with E-state index in [0.29, 0.717) is 12.2 Å². The summed E-state index contributed by atoms with van der Waals surface area (Å²) >= 11 is 0. The van der Waals surface area contributed by atoms with Crippen LogP contribution in [0.5, 0.6) is 0 Å². The highest BCUT2D eigenvalue weighted by Crippen LogP contribution is 2.28. The van der Waals surface area contributed by atoms with E-state index in [0.717, 1.165) is 18.4 Å². The van der Waals surface area contributed by atoms with Crippen molar-refractivity contribution in [3.8, 4) is 0 Å². The van der Waals surface area contributed by atoms with Gasteiger partial charge in [-0.3, -0.25) is 9.48 Å². The predicted molar refractivity (Wildman–Crippen MR) is 85.8 cm³/mol. The Kier molecular flexibility index (Phi) is 4.61. The number of aromatic carboxylic acids is 1. The summed E-state index contributed by atoms with van der Waals surface area (Å²) in [4.78, 5) is 23.3. The van der Waals surface area contributed by atoms with E-state index < -0.39 is 5.97 Å². The largest absolute Gasteiger partial charge is 0.478 e. The summed E-state index contributed by atoms with van der Waals surface area (Å²) in [5.74, 6) is -1.25. The fourth-order valence-electron chi connectivity index (χ4n) is 2.86. The number of carbonyl (C=O) groups is 2. The van der Waals surface area contributed by atoms with Crippen molar-refractivity contribution in [2.45, 2.75) is 25.0 Å². The van der Waals surface area contributed by atoms with E-state index in [1.807, 2.05) is 13.2 Å². The van der Waals surface area contributed by atoms with E-state index in [2.05, 4.69) is 10.4 Å². The van der Waals surface area contributed by atoms with Gasteiger partial charge in [-0.15, -0.1) is 0 Å². The number of rotatable bonds is 4. The summed E-state index contributed by atoms with van der Waals surface area (Å²) < 4.78 is 7.54. The third kappa shape index (κ3) is 3.46. The molecule has 2 aromatic rings. The molecule has 0 unspecified atom stereocenters. The smallest absolute Gasteiger partial charge is 0.335 e. The number of amides is 1. The van der Waals surface area contributed by atoms with Crippen molar-refractivity contribution in [2.24, 2.45) is 7.05 Å². The van der Waals surface area contributed by atoms with E-state index in [9.17, 15) is 9.59 Å². The second kappa shape index (κ2) is 6.84. The molecule has 1 fully saturated rings. The average Bonchev–Trinajstić information content (AvgIpc) is 3.01. The van der Waals surface area contributed by atoms with E-state index in [-0.39, 0.29) is 23.6 Å². The Balaban J connectivity index is 1.72. The van der Waals surface area contributed by atoms with Crippen molar-refractivity contribution in [3.05, 3.63) is 53.3 Å². The zero-order chi connectivity index (χ0) is 17.1. The average molecular weight is 329 g/mol. The first-order valence-corrected chi connectivity index (χ1v) is 7.79. The molecule has 2 heterocycles. The number of carboxylic acids is 1. The lowest BCUT2D eigenvalue weighted by atomic mass is 9.97. The van der Waals surface area contributed by atoms with E-state index >= 15 is 0 Å². The lowest BCUT2D eigenvalue weighted by molar-refractivity contribution is -0.00949. The number of nitrogens with one attached hydrogen (secondary N) is 1. The minimum atomic E-state index is -1.01. The number of carboxylic acid groups (broad SMARTS) is 1.